The Morgan fingerprint density at radius 3 is 2.94 bits per heavy atom. The lowest BCUT2D eigenvalue weighted by Gasteiger charge is -2.29. The first-order valence-electron chi connectivity index (χ1n) is 5.39. The van der Waals surface area contributed by atoms with Crippen LogP contribution in [0.25, 0.3) is 0 Å². The summed E-state index contributed by atoms with van der Waals surface area (Å²) in [6.07, 6.45) is 0.850. The second-order valence-electron chi connectivity index (χ2n) is 4.05. The van der Waals surface area contributed by atoms with Crippen molar-refractivity contribution >= 4 is 21.9 Å². The van der Waals surface area contributed by atoms with Crippen molar-refractivity contribution in [1.82, 2.24) is 0 Å². The highest BCUT2D eigenvalue weighted by molar-refractivity contribution is 9.10. The molecule has 2 unspecified atom stereocenters. The van der Waals surface area contributed by atoms with Gasteiger partial charge in [-0.15, -0.1) is 0 Å². The van der Waals surface area contributed by atoms with Crippen LogP contribution in [-0.4, -0.2) is 17.7 Å². The Balaban J connectivity index is 2.29. The summed E-state index contributed by atoms with van der Waals surface area (Å²) >= 11 is 3.09. The van der Waals surface area contributed by atoms with E-state index in [9.17, 15) is 9.18 Å². The van der Waals surface area contributed by atoms with Crippen LogP contribution >= 0.6 is 15.9 Å². The van der Waals surface area contributed by atoms with E-state index in [1.807, 2.05) is 0 Å². The molecule has 2 atom stereocenters. The normalized spacial score (nSPS) is 24.6. The number of halogens is 2. The third-order valence-electron chi connectivity index (χ3n) is 2.91. The van der Waals surface area contributed by atoms with Crippen LogP contribution in [0.15, 0.2) is 22.7 Å². The van der Waals surface area contributed by atoms with Crippen LogP contribution in [0.4, 0.5) is 4.39 Å². The first-order chi connectivity index (χ1) is 8.09. The van der Waals surface area contributed by atoms with Gasteiger partial charge in [-0.05, 0) is 46.5 Å². The molecule has 1 aromatic carbocycles. The molecule has 1 aliphatic heterocycles. The van der Waals surface area contributed by atoms with E-state index in [4.69, 9.17) is 9.84 Å². The van der Waals surface area contributed by atoms with E-state index in [1.54, 1.807) is 12.1 Å². The summed E-state index contributed by atoms with van der Waals surface area (Å²) in [5.41, 5.74) is 0.699. The molecule has 0 spiro atoms. The highest BCUT2D eigenvalue weighted by atomic mass is 79.9. The topological polar surface area (TPSA) is 46.5 Å². The van der Waals surface area contributed by atoms with Crippen LogP contribution in [0.5, 0.6) is 0 Å². The summed E-state index contributed by atoms with van der Waals surface area (Å²) in [6, 6.07) is 4.48. The molecule has 0 amide bonds. The highest BCUT2D eigenvalue weighted by Crippen LogP contribution is 2.35. The van der Waals surface area contributed by atoms with E-state index in [0.717, 1.165) is 6.42 Å². The Kier molecular flexibility index (Phi) is 3.79. The van der Waals surface area contributed by atoms with Gasteiger partial charge in [0.25, 0.3) is 0 Å². The van der Waals surface area contributed by atoms with Gasteiger partial charge in [0.05, 0.1) is 16.5 Å². The van der Waals surface area contributed by atoms with E-state index >= 15 is 0 Å². The van der Waals surface area contributed by atoms with Crippen molar-refractivity contribution < 1.29 is 19.0 Å². The van der Waals surface area contributed by atoms with E-state index < -0.39 is 18.0 Å². The predicted octanol–water partition coefficient (Wildman–Crippen LogP) is 3.14. The molecule has 0 aliphatic carbocycles. The zero-order chi connectivity index (χ0) is 12.4. The average molecular weight is 303 g/mol. The maximum Gasteiger partial charge on any atom is 0.309 e. The lowest BCUT2D eigenvalue weighted by molar-refractivity contribution is -0.151. The van der Waals surface area contributed by atoms with Gasteiger partial charge in [0.15, 0.2) is 0 Å². The molecule has 1 aromatic rings. The third kappa shape index (κ3) is 2.66. The van der Waals surface area contributed by atoms with Crippen LogP contribution in [-0.2, 0) is 9.53 Å². The Bertz CT molecular complexity index is 436. The molecule has 17 heavy (non-hydrogen) atoms. The smallest absolute Gasteiger partial charge is 0.309 e. The lowest BCUT2D eigenvalue weighted by atomic mass is 9.89. The van der Waals surface area contributed by atoms with Crippen molar-refractivity contribution in [2.45, 2.75) is 18.9 Å². The Morgan fingerprint density at radius 1 is 1.53 bits per heavy atom. The molecule has 3 nitrogen and oxygen atoms in total. The van der Waals surface area contributed by atoms with Gasteiger partial charge in [0, 0.05) is 6.61 Å². The summed E-state index contributed by atoms with van der Waals surface area (Å²) in [4.78, 5) is 11.1. The van der Waals surface area contributed by atoms with E-state index in [0.29, 0.717) is 23.1 Å². The molecule has 1 fully saturated rings. The first kappa shape index (κ1) is 12.5. The number of hydrogen-bond donors (Lipinski definition) is 1. The molecular weight excluding hydrogens is 291 g/mol. The van der Waals surface area contributed by atoms with Crippen LogP contribution in [0.1, 0.15) is 24.5 Å². The maximum atomic E-state index is 13.1. The van der Waals surface area contributed by atoms with Crippen LogP contribution in [0.3, 0.4) is 0 Å². The van der Waals surface area contributed by atoms with Crippen LogP contribution < -0.4 is 0 Å². The number of carboxylic acid groups (broad SMARTS) is 1. The van der Waals surface area contributed by atoms with Gasteiger partial charge in [-0.2, -0.15) is 0 Å². The molecule has 1 aliphatic rings. The number of hydrogen-bond acceptors (Lipinski definition) is 2. The molecule has 0 radical (unpaired) electrons. The molecule has 5 heteroatoms. The SMILES string of the molecule is O=C(O)C1CCCOC1c1ccc(F)c(Br)c1. The maximum absolute atomic E-state index is 13.1. The first-order valence-corrected chi connectivity index (χ1v) is 6.18. The number of aliphatic carboxylic acids is 1. The monoisotopic (exact) mass is 302 g/mol. The van der Waals surface area contributed by atoms with Gasteiger partial charge in [-0.3, -0.25) is 4.79 Å². The van der Waals surface area contributed by atoms with Crippen LogP contribution in [0.2, 0.25) is 0 Å². The fourth-order valence-corrected chi connectivity index (χ4v) is 2.45. The van der Waals surface area contributed by atoms with E-state index in [1.165, 1.54) is 6.07 Å². The summed E-state index contributed by atoms with van der Waals surface area (Å²) in [5.74, 6) is -1.78. The van der Waals surface area contributed by atoms with E-state index in [-0.39, 0.29) is 5.82 Å². The van der Waals surface area contributed by atoms with Gasteiger partial charge < -0.3 is 9.84 Å². The largest absolute Gasteiger partial charge is 0.481 e. The highest BCUT2D eigenvalue weighted by Gasteiger charge is 2.33. The minimum atomic E-state index is -0.866. The Hall–Kier alpha value is -0.940. The number of ether oxygens (including phenoxy) is 1. The number of carbonyl (C=O) groups is 1. The molecule has 2 rings (SSSR count). The van der Waals surface area contributed by atoms with Crippen molar-refractivity contribution in [3.05, 3.63) is 34.1 Å². The van der Waals surface area contributed by atoms with Gasteiger partial charge in [0.2, 0.25) is 0 Å². The summed E-state index contributed by atoms with van der Waals surface area (Å²) in [7, 11) is 0. The van der Waals surface area contributed by atoms with E-state index in [2.05, 4.69) is 15.9 Å². The second-order valence-corrected chi connectivity index (χ2v) is 4.91. The lowest BCUT2D eigenvalue weighted by Crippen LogP contribution is -2.28. The van der Waals surface area contributed by atoms with Gasteiger partial charge >= 0.3 is 5.97 Å². The van der Waals surface area contributed by atoms with Gasteiger partial charge in [-0.1, -0.05) is 6.07 Å². The number of carboxylic acids is 1. The molecule has 0 bridgehead atoms. The molecule has 0 saturated carbocycles. The number of benzene rings is 1. The Labute approximate surface area is 107 Å². The van der Waals surface area contributed by atoms with Crippen molar-refractivity contribution in [3.63, 3.8) is 0 Å². The van der Waals surface area contributed by atoms with Crippen molar-refractivity contribution in [1.29, 1.82) is 0 Å². The fourth-order valence-electron chi connectivity index (χ4n) is 2.05. The number of rotatable bonds is 2. The summed E-state index contributed by atoms with van der Waals surface area (Å²) < 4.78 is 19.0. The molecule has 1 heterocycles. The van der Waals surface area contributed by atoms with Crippen molar-refractivity contribution in [2.75, 3.05) is 6.61 Å². The quantitative estimate of drug-likeness (QED) is 0.913. The molecule has 0 aromatic heterocycles. The minimum absolute atomic E-state index is 0.327. The molecule has 92 valence electrons. The Morgan fingerprint density at radius 2 is 2.29 bits per heavy atom. The average Bonchev–Trinajstić information content (AvgIpc) is 2.32. The second kappa shape index (κ2) is 5.14. The minimum Gasteiger partial charge on any atom is -0.481 e. The molecule has 1 saturated heterocycles. The predicted molar refractivity (Wildman–Crippen MR) is 63.2 cm³/mol. The van der Waals surface area contributed by atoms with Crippen LogP contribution in [0, 0.1) is 11.7 Å². The molecular formula is C12H12BrFO3. The third-order valence-corrected chi connectivity index (χ3v) is 3.52. The standard InChI is InChI=1S/C12H12BrFO3/c13-9-6-7(3-4-10(9)14)11-8(12(15)16)2-1-5-17-11/h3-4,6,8,11H,1-2,5H2,(H,15,16). The summed E-state index contributed by atoms with van der Waals surface area (Å²) in [6.45, 7) is 0.545. The van der Waals surface area contributed by atoms with Crippen molar-refractivity contribution in [2.24, 2.45) is 5.92 Å². The van der Waals surface area contributed by atoms with Crippen molar-refractivity contribution in [3.8, 4) is 0 Å². The van der Waals surface area contributed by atoms with Gasteiger partial charge in [-0.25, -0.2) is 4.39 Å². The molecule has 1 N–H and O–H groups in total. The van der Waals surface area contributed by atoms with Gasteiger partial charge in [0.1, 0.15) is 5.82 Å². The zero-order valence-corrected chi connectivity index (χ0v) is 10.6. The zero-order valence-electron chi connectivity index (χ0n) is 9.03. The summed E-state index contributed by atoms with van der Waals surface area (Å²) in [5, 5.41) is 9.13. The fraction of sp³-hybridized carbons (Fsp3) is 0.417.